The molecule has 0 atom stereocenters. The Labute approximate surface area is 164 Å². The van der Waals surface area contributed by atoms with Gasteiger partial charge in [-0.3, -0.25) is 4.79 Å². The molecule has 4 rings (SSSR count). The van der Waals surface area contributed by atoms with Crippen molar-refractivity contribution in [1.29, 1.82) is 0 Å². The van der Waals surface area contributed by atoms with Crippen LogP contribution in [0.25, 0.3) is 11.3 Å². The molecule has 0 bridgehead atoms. The number of rotatable bonds is 3. The number of piperazine rings is 1. The molecule has 2 aromatic heterocycles. The van der Waals surface area contributed by atoms with E-state index in [-0.39, 0.29) is 11.7 Å². The van der Waals surface area contributed by atoms with E-state index < -0.39 is 11.7 Å². The van der Waals surface area contributed by atoms with E-state index in [4.69, 9.17) is 4.52 Å². The Morgan fingerprint density at radius 3 is 2.34 bits per heavy atom. The van der Waals surface area contributed by atoms with Gasteiger partial charge in [-0.1, -0.05) is 35.5 Å². The quantitative estimate of drug-likeness (QED) is 0.668. The number of alkyl halides is 3. The van der Waals surface area contributed by atoms with Crippen molar-refractivity contribution in [3.05, 3.63) is 66.1 Å². The summed E-state index contributed by atoms with van der Waals surface area (Å²) in [6, 6.07) is 13.4. The maximum atomic E-state index is 12.7. The minimum Gasteiger partial charge on any atom is -0.353 e. The van der Waals surface area contributed by atoms with Crippen molar-refractivity contribution in [3.8, 4) is 11.3 Å². The van der Waals surface area contributed by atoms with E-state index in [1.165, 1.54) is 6.07 Å². The predicted molar refractivity (Wildman–Crippen MR) is 99.3 cm³/mol. The van der Waals surface area contributed by atoms with Crippen molar-refractivity contribution < 1.29 is 22.5 Å². The van der Waals surface area contributed by atoms with E-state index in [9.17, 15) is 18.0 Å². The number of hydrogen-bond donors (Lipinski definition) is 0. The van der Waals surface area contributed by atoms with E-state index in [0.717, 1.165) is 17.8 Å². The Bertz CT molecular complexity index is 979. The van der Waals surface area contributed by atoms with E-state index in [1.807, 2.05) is 35.2 Å². The van der Waals surface area contributed by atoms with Crippen LogP contribution in [0.15, 0.2) is 59.3 Å². The molecule has 6 nitrogen and oxygen atoms in total. The number of hydrogen-bond acceptors (Lipinski definition) is 5. The first-order chi connectivity index (χ1) is 13.9. The number of aromatic nitrogens is 2. The summed E-state index contributed by atoms with van der Waals surface area (Å²) in [5.74, 6) is 0.348. The van der Waals surface area contributed by atoms with Gasteiger partial charge in [-0.15, -0.1) is 0 Å². The van der Waals surface area contributed by atoms with Crippen molar-refractivity contribution >= 4 is 11.7 Å². The summed E-state index contributed by atoms with van der Waals surface area (Å²) in [7, 11) is 0. The molecule has 0 N–H and O–H groups in total. The molecule has 1 fully saturated rings. The summed E-state index contributed by atoms with van der Waals surface area (Å²) in [5.41, 5.74) is 0.657. The van der Waals surface area contributed by atoms with Gasteiger partial charge < -0.3 is 14.3 Å². The van der Waals surface area contributed by atoms with E-state index in [2.05, 4.69) is 10.1 Å². The first kappa shape index (κ1) is 19.0. The summed E-state index contributed by atoms with van der Waals surface area (Å²) < 4.78 is 43.2. The Kier molecular flexibility index (Phi) is 4.96. The van der Waals surface area contributed by atoms with Gasteiger partial charge in [0.2, 0.25) is 5.76 Å². The van der Waals surface area contributed by atoms with Crippen LogP contribution >= 0.6 is 0 Å². The molecule has 3 aromatic rings. The van der Waals surface area contributed by atoms with Gasteiger partial charge in [0.1, 0.15) is 11.5 Å². The molecule has 150 valence electrons. The van der Waals surface area contributed by atoms with Crippen molar-refractivity contribution in [1.82, 2.24) is 15.0 Å². The lowest BCUT2D eigenvalue weighted by atomic mass is 10.1. The first-order valence-electron chi connectivity index (χ1n) is 9.01. The normalized spacial score (nSPS) is 14.9. The highest BCUT2D eigenvalue weighted by molar-refractivity contribution is 5.92. The van der Waals surface area contributed by atoms with Crippen LogP contribution in [0.5, 0.6) is 0 Å². The Morgan fingerprint density at radius 2 is 1.72 bits per heavy atom. The highest BCUT2D eigenvalue weighted by atomic mass is 19.4. The summed E-state index contributed by atoms with van der Waals surface area (Å²) in [5, 5.41) is 3.96. The van der Waals surface area contributed by atoms with Crippen LogP contribution in [-0.4, -0.2) is 47.1 Å². The molecule has 29 heavy (non-hydrogen) atoms. The molecule has 1 aliphatic rings. The smallest absolute Gasteiger partial charge is 0.353 e. The molecule has 1 aromatic carbocycles. The first-order valence-corrected chi connectivity index (χ1v) is 9.01. The predicted octanol–water partition coefficient (Wildman–Crippen LogP) is 3.72. The summed E-state index contributed by atoms with van der Waals surface area (Å²) in [6.45, 7) is 1.74. The van der Waals surface area contributed by atoms with Gasteiger partial charge >= 0.3 is 6.18 Å². The third-order valence-corrected chi connectivity index (χ3v) is 4.76. The molecule has 1 aliphatic heterocycles. The van der Waals surface area contributed by atoms with Gasteiger partial charge in [-0.05, 0) is 12.1 Å². The van der Waals surface area contributed by atoms with Crippen molar-refractivity contribution in [3.63, 3.8) is 0 Å². The average molecular weight is 402 g/mol. The third kappa shape index (κ3) is 4.08. The number of benzene rings is 1. The summed E-state index contributed by atoms with van der Waals surface area (Å²) in [6.07, 6.45) is -3.58. The lowest BCUT2D eigenvalue weighted by Gasteiger charge is -2.34. The largest absolute Gasteiger partial charge is 0.417 e. The average Bonchev–Trinajstić information content (AvgIpc) is 3.24. The van der Waals surface area contributed by atoms with Crippen molar-refractivity contribution in [2.75, 3.05) is 31.1 Å². The van der Waals surface area contributed by atoms with Crippen LogP contribution in [0.2, 0.25) is 0 Å². The molecule has 0 aliphatic carbocycles. The highest BCUT2D eigenvalue weighted by Crippen LogP contribution is 2.29. The number of pyridine rings is 1. The van der Waals surface area contributed by atoms with Crippen LogP contribution in [0.4, 0.5) is 19.0 Å². The fourth-order valence-corrected chi connectivity index (χ4v) is 3.16. The highest BCUT2D eigenvalue weighted by Gasteiger charge is 2.31. The topological polar surface area (TPSA) is 62.5 Å². The van der Waals surface area contributed by atoms with Gasteiger partial charge in [0, 0.05) is 44.0 Å². The number of carbonyl (C=O) groups is 1. The van der Waals surface area contributed by atoms with E-state index in [1.54, 1.807) is 11.0 Å². The van der Waals surface area contributed by atoms with Crippen molar-refractivity contribution in [2.24, 2.45) is 0 Å². The maximum absolute atomic E-state index is 12.7. The molecule has 9 heteroatoms. The number of amides is 1. The van der Waals surface area contributed by atoms with Gasteiger partial charge in [-0.25, -0.2) is 4.98 Å². The molecule has 3 heterocycles. The van der Waals surface area contributed by atoms with Crippen molar-refractivity contribution in [2.45, 2.75) is 6.18 Å². The zero-order valence-electron chi connectivity index (χ0n) is 15.3. The Morgan fingerprint density at radius 1 is 1.00 bits per heavy atom. The number of halogens is 3. The fourth-order valence-electron chi connectivity index (χ4n) is 3.16. The molecular formula is C20H17F3N4O2. The third-order valence-electron chi connectivity index (χ3n) is 4.76. The van der Waals surface area contributed by atoms with Crippen LogP contribution in [-0.2, 0) is 6.18 Å². The van der Waals surface area contributed by atoms with Crippen LogP contribution in [0, 0.1) is 0 Å². The Hall–Kier alpha value is -3.36. The zero-order chi connectivity index (χ0) is 20.4. The van der Waals surface area contributed by atoms with Gasteiger partial charge in [0.05, 0.1) is 5.56 Å². The monoisotopic (exact) mass is 402 g/mol. The molecule has 0 unspecified atom stereocenters. The minimum absolute atomic E-state index is 0.157. The van der Waals surface area contributed by atoms with Gasteiger partial charge in [-0.2, -0.15) is 13.2 Å². The SMILES string of the molecule is O=C(c1cc(-c2ccccc2)no1)N1CCN(c2ccc(C(F)(F)F)cn2)CC1. The second kappa shape index (κ2) is 7.57. The number of anilines is 1. The number of nitrogens with zero attached hydrogens (tertiary/aromatic N) is 4. The molecule has 0 radical (unpaired) electrons. The molecule has 1 amide bonds. The van der Waals surface area contributed by atoms with Gasteiger partial charge in [0.25, 0.3) is 5.91 Å². The lowest BCUT2D eigenvalue weighted by Crippen LogP contribution is -2.49. The maximum Gasteiger partial charge on any atom is 0.417 e. The zero-order valence-corrected chi connectivity index (χ0v) is 15.3. The van der Waals surface area contributed by atoms with E-state index >= 15 is 0 Å². The fraction of sp³-hybridized carbons (Fsp3) is 0.250. The minimum atomic E-state index is -4.41. The molecule has 1 saturated heterocycles. The standard InChI is InChI=1S/C20H17F3N4O2/c21-20(22,23)15-6-7-18(24-13-15)26-8-10-27(11-9-26)19(28)17-12-16(25-29-17)14-4-2-1-3-5-14/h1-7,12-13H,8-11H2. The van der Waals surface area contributed by atoms with Crippen LogP contribution in [0.3, 0.4) is 0 Å². The van der Waals surface area contributed by atoms with E-state index in [0.29, 0.717) is 37.7 Å². The molecule has 0 saturated carbocycles. The second-order valence-corrected chi connectivity index (χ2v) is 6.62. The second-order valence-electron chi connectivity index (χ2n) is 6.62. The summed E-state index contributed by atoms with van der Waals surface area (Å²) >= 11 is 0. The Balaban J connectivity index is 1.38. The van der Waals surface area contributed by atoms with Crippen LogP contribution < -0.4 is 4.90 Å². The lowest BCUT2D eigenvalue weighted by molar-refractivity contribution is -0.137. The van der Waals surface area contributed by atoms with Crippen LogP contribution in [0.1, 0.15) is 16.1 Å². The van der Waals surface area contributed by atoms with Gasteiger partial charge in [0.15, 0.2) is 0 Å². The molecular weight excluding hydrogens is 385 g/mol. The number of carbonyl (C=O) groups excluding carboxylic acids is 1. The molecule has 0 spiro atoms. The summed E-state index contributed by atoms with van der Waals surface area (Å²) in [4.78, 5) is 20.1.